The van der Waals surface area contributed by atoms with Crippen LogP contribution in [0.1, 0.15) is 103 Å². The Morgan fingerprint density at radius 2 is 1.25 bits per heavy atom. The predicted molar refractivity (Wildman–Crippen MR) is 212 cm³/mol. The minimum atomic E-state index is -1.67. The average molecular weight is 815 g/mol. The summed E-state index contributed by atoms with van der Waals surface area (Å²) < 4.78 is 34.9. The number of phenolic OH excluding ortho intramolecular Hbond substituents is 4. The van der Waals surface area contributed by atoms with E-state index in [-0.39, 0.29) is 65.0 Å². The summed E-state index contributed by atoms with van der Waals surface area (Å²) in [6, 6.07) is 18.4. The summed E-state index contributed by atoms with van der Waals surface area (Å²) in [7, 11) is 1.41. The number of ether oxygens (including phenoxy) is 6. The van der Waals surface area contributed by atoms with Crippen molar-refractivity contribution in [2.24, 2.45) is 0 Å². The van der Waals surface area contributed by atoms with Crippen LogP contribution in [-0.2, 0) is 25.5 Å². The summed E-state index contributed by atoms with van der Waals surface area (Å²) in [6.45, 7) is 0.184. The monoisotopic (exact) mass is 814 g/mol. The van der Waals surface area contributed by atoms with E-state index in [9.17, 15) is 39.9 Å². The molecule has 2 heterocycles. The maximum atomic E-state index is 13.0. The van der Waals surface area contributed by atoms with Crippen molar-refractivity contribution < 1.29 is 68.3 Å². The number of phenols is 4. The summed E-state index contributed by atoms with van der Waals surface area (Å²) >= 11 is 0. The lowest BCUT2D eigenvalue weighted by atomic mass is 9.92. The third-order valence-electron chi connectivity index (χ3n) is 10.3. The second kappa shape index (κ2) is 20.0. The molecule has 14 heteroatoms. The molecular formula is C45H50O14. The van der Waals surface area contributed by atoms with Crippen molar-refractivity contribution in [3.63, 3.8) is 0 Å². The van der Waals surface area contributed by atoms with Crippen molar-refractivity contribution in [2.45, 2.75) is 95.0 Å². The molecule has 5 N–H and O–H groups in total. The molecule has 0 amide bonds. The van der Waals surface area contributed by atoms with E-state index in [2.05, 4.69) is 0 Å². The molecule has 0 radical (unpaired) electrons. The summed E-state index contributed by atoms with van der Waals surface area (Å²) in [5.74, 6) is -1.39. The molecule has 0 aliphatic carbocycles. The number of aliphatic hydroxyl groups is 1. The maximum Gasteiger partial charge on any atom is 0.305 e. The second-order valence-electron chi connectivity index (χ2n) is 14.7. The molecule has 14 nitrogen and oxygen atoms in total. The standard InChI is InChI=1S/C45H50O14/c1-54-35-22-28(14-18-32(35)48)44-38(57-34-19-15-29(23-36(34)58-44)45-43(53)42(52)41-33(49)24-31(47)25-37(41)59-45)26-56-40(51)11-9-7-5-3-2-4-6-8-10-39(50)55-21-20-27-12-16-30(46)17-13-27/h12-19,22-25,38,43-49,53H,2-11,20-21,26H2,1H3/t38-,43+,44-,45-/m1/s1. The molecule has 6 rings (SSSR count). The Morgan fingerprint density at radius 3 is 1.95 bits per heavy atom. The van der Waals surface area contributed by atoms with E-state index in [4.69, 9.17) is 28.4 Å². The molecular weight excluding hydrogens is 764 g/mol. The van der Waals surface area contributed by atoms with Crippen molar-refractivity contribution in [3.8, 4) is 46.0 Å². The van der Waals surface area contributed by atoms with Crippen LogP contribution in [-0.4, -0.2) is 75.8 Å². The fourth-order valence-corrected chi connectivity index (χ4v) is 7.13. The molecule has 0 unspecified atom stereocenters. The zero-order valence-electron chi connectivity index (χ0n) is 32.8. The van der Waals surface area contributed by atoms with Crippen LogP contribution >= 0.6 is 0 Å². The molecule has 0 saturated carbocycles. The Morgan fingerprint density at radius 1 is 0.627 bits per heavy atom. The first-order valence-corrected chi connectivity index (χ1v) is 19.9. The minimum Gasteiger partial charge on any atom is -0.508 e. The van der Waals surface area contributed by atoms with Gasteiger partial charge in [-0.25, -0.2) is 0 Å². The van der Waals surface area contributed by atoms with Crippen LogP contribution in [0.15, 0.2) is 72.8 Å². The molecule has 4 aromatic rings. The van der Waals surface area contributed by atoms with Crippen LogP contribution in [0.2, 0.25) is 0 Å². The van der Waals surface area contributed by atoms with Gasteiger partial charge < -0.3 is 54.0 Å². The largest absolute Gasteiger partial charge is 0.508 e. The topological polar surface area (TPSA) is 208 Å². The van der Waals surface area contributed by atoms with Crippen LogP contribution in [0.5, 0.6) is 46.0 Å². The normalized spacial score (nSPS) is 18.0. The Bertz CT molecular complexity index is 2080. The number of fused-ring (bicyclic) bond motifs is 2. The van der Waals surface area contributed by atoms with Gasteiger partial charge in [-0.3, -0.25) is 14.4 Å². The number of carbonyl (C=O) groups excluding carboxylic acids is 3. The van der Waals surface area contributed by atoms with E-state index in [1.807, 2.05) is 12.1 Å². The lowest BCUT2D eigenvalue weighted by Crippen LogP contribution is -2.38. The average Bonchev–Trinajstić information content (AvgIpc) is 3.22. The van der Waals surface area contributed by atoms with Crippen molar-refractivity contribution in [1.82, 2.24) is 0 Å². The first kappa shape index (κ1) is 42.5. The molecule has 314 valence electrons. The maximum absolute atomic E-state index is 13.0. The van der Waals surface area contributed by atoms with Gasteiger partial charge in [-0.05, 0) is 60.4 Å². The SMILES string of the molecule is COc1cc([C@H]2Oc3cc([C@H]4Oc5cc(O)cc(O)c5C(=O)[C@@H]4O)ccc3O[C@@H]2COC(=O)CCCCCCCCCCC(=O)OCCc2ccc(O)cc2)ccc1O. The van der Waals surface area contributed by atoms with E-state index in [0.29, 0.717) is 42.7 Å². The molecule has 0 spiro atoms. The van der Waals surface area contributed by atoms with Crippen LogP contribution in [0.25, 0.3) is 0 Å². The first-order chi connectivity index (χ1) is 28.5. The van der Waals surface area contributed by atoms with E-state index >= 15 is 0 Å². The zero-order chi connectivity index (χ0) is 41.9. The second-order valence-corrected chi connectivity index (χ2v) is 14.7. The summed E-state index contributed by atoms with van der Waals surface area (Å²) in [6.07, 6.45) is 4.07. The summed E-state index contributed by atoms with van der Waals surface area (Å²) in [5, 5.41) is 50.7. The van der Waals surface area contributed by atoms with E-state index in [0.717, 1.165) is 56.6 Å². The predicted octanol–water partition coefficient (Wildman–Crippen LogP) is 7.31. The number of hydrogen-bond donors (Lipinski definition) is 5. The van der Waals surface area contributed by atoms with E-state index in [1.165, 1.54) is 19.2 Å². The molecule has 0 bridgehead atoms. The fourth-order valence-electron chi connectivity index (χ4n) is 7.13. The zero-order valence-corrected chi connectivity index (χ0v) is 32.8. The highest BCUT2D eigenvalue weighted by Gasteiger charge is 2.41. The summed E-state index contributed by atoms with van der Waals surface area (Å²) in [4.78, 5) is 37.9. The highest BCUT2D eigenvalue weighted by atomic mass is 16.6. The van der Waals surface area contributed by atoms with Gasteiger partial charge in [-0.1, -0.05) is 62.8 Å². The molecule has 2 aliphatic heterocycles. The molecule has 59 heavy (non-hydrogen) atoms. The third-order valence-corrected chi connectivity index (χ3v) is 10.3. The minimum absolute atomic E-state index is 0.0825. The Balaban J connectivity index is 0.948. The van der Waals surface area contributed by atoms with Crippen LogP contribution < -0.4 is 18.9 Å². The van der Waals surface area contributed by atoms with Gasteiger partial charge in [-0.2, -0.15) is 0 Å². The number of esters is 2. The van der Waals surface area contributed by atoms with Gasteiger partial charge in [0, 0.05) is 37.0 Å². The summed E-state index contributed by atoms with van der Waals surface area (Å²) in [5.41, 5.74) is 1.68. The van der Waals surface area contributed by atoms with Gasteiger partial charge in [0.05, 0.1) is 13.7 Å². The lowest BCUT2D eigenvalue weighted by molar-refractivity contribution is -0.148. The van der Waals surface area contributed by atoms with Gasteiger partial charge in [0.15, 0.2) is 47.4 Å². The molecule has 2 aliphatic rings. The van der Waals surface area contributed by atoms with Crippen LogP contribution in [0.3, 0.4) is 0 Å². The quantitative estimate of drug-likeness (QED) is 0.0465. The Labute approximate surface area is 341 Å². The number of carbonyl (C=O) groups is 3. The number of benzene rings is 4. The van der Waals surface area contributed by atoms with Crippen molar-refractivity contribution >= 4 is 17.7 Å². The smallest absolute Gasteiger partial charge is 0.305 e. The Kier molecular flexibility index (Phi) is 14.4. The highest BCUT2D eigenvalue weighted by molar-refractivity contribution is 6.05. The fraction of sp³-hybridized carbons (Fsp3) is 0.400. The number of hydrogen-bond acceptors (Lipinski definition) is 14. The number of ketones is 1. The molecule has 4 atom stereocenters. The van der Waals surface area contributed by atoms with Gasteiger partial charge in [-0.15, -0.1) is 0 Å². The van der Waals surface area contributed by atoms with Gasteiger partial charge in [0.1, 0.15) is 35.2 Å². The molecule has 0 fully saturated rings. The van der Waals surface area contributed by atoms with Gasteiger partial charge >= 0.3 is 11.9 Å². The van der Waals surface area contributed by atoms with E-state index < -0.39 is 35.9 Å². The van der Waals surface area contributed by atoms with E-state index in [1.54, 1.807) is 42.5 Å². The number of rotatable bonds is 19. The van der Waals surface area contributed by atoms with Crippen molar-refractivity contribution in [3.05, 3.63) is 95.1 Å². The van der Waals surface area contributed by atoms with Gasteiger partial charge in [0.2, 0.25) is 5.78 Å². The van der Waals surface area contributed by atoms with Crippen LogP contribution in [0.4, 0.5) is 0 Å². The lowest BCUT2D eigenvalue weighted by Gasteiger charge is -2.35. The van der Waals surface area contributed by atoms with Gasteiger partial charge in [0.25, 0.3) is 0 Å². The number of Topliss-reactive ketones (excluding diaryl/α,β-unsaturated/α-hetero) is 1. The number of unbranched alkanes of at least 4 members (excludes halogenated alkanes) is 7. The number of aliphatic hydroxyl groups excluding tert-OH is 1. The molecule has 4 aromatic carbocycles. The van der Waals surface area contributed by atoms with Crippen molar-refractivity contribution in [1.29, 1.82) is 0 Å². The first-order valence-electron chi connectivity index (χ1n) is 19.9. The number of methoxy groups -OCH3 is 1. The number of aromatic hydroxyl groups is 4. The molecule has 0 aromatic heterocycles. The third kappa shape index (κ3) is 11.1. The Hall–Kier alpha value is -6.15. The van der Waals surface area contributed by atoms with Crippen molar-refractivity contribution in [2.75, 3.05) is 20.3 Å². The van der Waals surface area contributed by atoms with Crippen LogP contribution in [0, 0.1) is 0 Å². The molecule has 0 saturated heterocycles. The highest BCUT2D eigenvalue weighted by Crippen LogP contribution is 2.46.